The number of aldehydes is 1. The van der Waals surface area contributed by atoms with Gasteiger partial charge in [0.2, 0.25) is 0 Å². The molecule has 0 aromatic heterocycles. The van der Waals surface area contributed by atoms with Gasteiger partial charge in [0, 0.05) is 36.8 Å². The zero-order valence-electron chi connectivity index (χ0n) is 15.8. The highest BCUT2D eigenvalue weighted by molar-refractivity contribution is 5.94. The summed E-state index contributed by atoms with van der Waals surface area (Å²) in [5, 5.41) is 3.32. The minimum atomic E-state index is 0.0162. The highest BCUT2D eigenvalue weighted by Crippen LogP contribution is 2.02. The molecule has 132 valence electrons. The lowest BCUT2D eigenvalue weighted by Gasteiger charge is -2.29. The van der Waals surface area contributed by atoms with Crippen LogP contribution in [0.15, 0.2) is 24.3 Å². The first-order chi connectivity index (χ1) is 11.0. The molecule has 4 heteroatoms. The summed E-state index contributed by atoms with van der Waals surface area (Å²) in [4.78, 5) is 23.3. The molecule has 1 aliphatic rings. The van der Waals surface area contributed by atoms with Crippen molar-refractivity contribution in [3.05, 3.63) is 35.4 Å². The number of benzene rings is 1. The molecule has 4 nitrogen and oxygen atoms in total. The van der Waals surface area contributed by atoms with Gasteiger partial charge in [-0.2, -0.15) is 0 Å². The van der Waals surface area contributed by atoms with Gasteiger partial charge in [-0.05, 0) is 20.9 Å². The van der Waals surface area contributed by atoms with E-state index < -0.39 is 0 Å². The van der Waals surface area contributed by atoms with Crippen LogP contribution in [0.4, 0.5) is 0 Å². The number of hydrogen-bond donors (Lipinski definition) is 1. The molecule has 0 radical (unpaired) electrons. The van der Waals surface area contributed by atoms with Crippen molar-refractivity contribution in [1.29, 1.82) is 0 Å². The molecular formula is C19H34N2O2. The standard InChI is InChI=1S/C9H8O2.C6H14N2.2C2H6/c1-7(11)9-4-2-8(6-10)3-5-9;1-6-5-7-3-4-8(6)2;2*1-2/h2-6H,1H3;6-7H,3-5H2,1-2H3;2*1-2H3. The maximum absolute atomic E-state index is 10.8. The molecule has 1 unspecified atom stereocenters. The third-order valence-corrected chi connectivity index (χ3v) is 3.29. The largest absolute Gasteiger partial charge is 0.314 e. The molecule has 1 aliphatic heterocycles. The Morgan fingerprint density at radius 2 is 1.70 bits per heavy atom. The van der Waals surface area contributed by atoms with E-state index in [9.17, 15) is 9.59 Å². The van der Waals surface area contributed by atoms with Crippen molar-refractivity contribution in [1.82, 2.24) is 10.2 Å². The summed E-state index contributed by atoms with van der Waals surface area (Å²) in [6, 6.07) is 7.27. The predicted octanol–water partition coefficient (Wildman–Crippen LogP) is 3.66. The summed E-state index contributed by atoms with van der Waals surface area (Å²) in [5.74, 6) is 0.0162. The second-order valence-electron chi connectivity index (χ2n) is 4.83. The fourth-order valence-corrected chi connectivity index (χ4v) is 1.74. The highest BCUT2D eigenvalue weighted by Gasteiger charge is 2.11. The van der Waals surface area contributed by atoms with Crippen LogP contribution in [0.5, 0.6) is 0 Å². The van der Waals surface area contributed by atoms with Gasteiger partial charge in [0.05, 0.1) is 0 Å². The van der Waals surface area contributed by atoms with Crippen LogP contribution in [0.1, 0.15) is 62.3 Å². The van der Waals surface area contributed by atoms with E-state index in [0.717, 1.165) is 25.4 Å². The average molecular weight is 322 g/mol. The third kappa shape index (κ3) is 10.8. The van der Waals surface area contributed by atoms with Crippen molar-refractivity contribution in [2.45, 2.75) is 47.6 Å². The Labute approximate surface area is 142 Å². The lowest BCUT2D eigenvalue weighted by atomic mass is 10.1. The minimum absolute atomic E-state index is 0.0162. The molecule has 0 bridgehead atoms. The van der Waals surface area contributed by atoms with Gasteiger partial charge in [0.25, 0.3) is 0 Å². The van der Waals surface area contributed by atoms with Crippen LogP contribution >= 0.6 is 0 Å². The first kappa shape index (κ1) is 23.7. The van der Waals surface area contributed by atoms with E-state index >= 15 is 0 Å². The molecular weight excluding hydrogens is 288 g/mol. The first-order valence-corrected chi connectivity index (χ1v) is 8.51. The van der Waals surface area contributed by atoms with E-state index in [1.54, 1.807) is 24.3 Å². The average Bonchev–Trinajstić information content (AvgIpc) is 2.61. The van der Waals surface area contributed by atoms with Crippen LogP contribution in [0.2, 0.25) is 0 Å². The number of carbonyl (C=O) groups excluding carboxylic acids is 2. The molecule has 0 spiro atoms. The van der Waals surface area contributed by atoms with Crippen molar-refractivity contribution in [2.24, 2.45) is 0 Å². The predicted molar refractivity (Wildman–Crippen MR) is 99.5 cm³/mol. The summed E-state index contributed by atoms with van der Waals surface area (Å²) < 4.78 is 0. The van der Waals surface area contributed by atoms with Gasteiger partial charge in [-0.1, -0.05) is 52.0 Å². The Hall–Kier alpha value is -1.52. The summed E-state index contributed by atoms with van der Waals surface area (Å²) in [6.07, 6.45) is 0.754. The Balaban J connectivity index is 0. The third-order valence-electron chi connectivity index (χ3n) is 3.29. The Morgan fingerprint density at radius 3 is 2.00 bits per heavy atom. The van der Waals surface area contributed by atoms with Crippen molar-refractivity contribution < 1.29 is 9.59 Å². The van der Waals surface area contributed by atoms with E-state index in [2.05, 4.69) is 24.2 Å². The number of ketones is 1. The maximum atomic E-state index is 10.8. The van der Waals surface area contributed by atoms with E-state index in [0.29, 0.717) is 11.1 Å². The molecule has 1 heterocycles. The fraction of sp³-hybridized carbons (Fsp3) is 0.579. The summed E-state index contributed by atoms with van der Waals surface area (Å²) >= 11 is 0. The number of Topliss-reactive ketones (excluding diaryl/α,β-unsaturated/α-hetero) is 1. The van der Waals surface area contributed by atoms with Crippen LogP contribution in [-0.2, 0) is 0 Å². The van der Waals surface area contributed by atoms with Crippen LogP contribution in [0.3, 0.4) is 0 Å². The maximum Gasteiger partial charge on any atom is 0.159 e. The second-order valence-corrected chi connectivity index (χ2v) is 4.83. The molecule has 0 amide bonds. The number of rotatable bonds is 2. The van der Waals surface area contributed by atoms with Gasteiger partial charge >= 0.3 is 0 Å². The van der Waals surface area contributed by atoms with Crippen molar-refractivity contribution in [3.8, 4) is 0 Å². The van der Waals surface area contributed by atoms with Crippen LogP contribution in [0.25, 0.3) is 0 Å². The van der Waals surface area contributed by atoms with Gasteiger partial charge in [-0.3, -0.25) is 9.59 Å². The van der Waals surface area contributed by atoms with Gasteiger partial charge in [-0.15, -0.1) is 0 Å². The zero-order valence-corrected chi connectivity index (χ0v) is 15.8. The SMILES string of the molecule is CC.CC.CC(=O)c1ccc(C=O)cc1.CC1CNCCN1C. The number of piperazine rings is 1. The van der Waals surface area contributed by atoms with Crippen LogP contribution < -0.4 is 5.32 Å². The smallest absolute Gasteiger partial charge is 0.159 e. The van der Waals surface area contributed by atoms with E-state index in [-0.39, 0.29) is 5.78 Å². The number of hydrogen-bond acceptors (Lipinski definition) is 4. The molecule has 1 aromatic rings. The quantitative estimate of drug-likeness (QED) is 0.667. The molecule has 1 N–H and O–H groups in total. The lowest BCUT2D eigenvalue weighted by molar-refractivity contribution is 0.101. The highest BCUT2D eigenvalue weighted by atomic mass is 16.1. The van der Waals surface area contributed by atoms with Gasteiger partial charge in [-0.25, -0.2) is 0 Å². The summed E-state index contributed by atoms with van der Waals surface area (Å²) in [6.45, 7) is 15.2. The summed E-state index contributed by atoms with van der Waals surface area (Å²) in [5.41, 5.74) is 1.23. The van der Waals surface area contributed by atoms with E-state index in [4.69, 9.17) is 0 Å². The normalized spacial score (nSPS) is 16.4. The molecule has 23 heavy (non-hydrogen) atoms. The minimum Gasteiger partial charge on any atom is -0.314 e. The Morgan fingerprint density at radius 1 is 1.17 bits per heavy atom. The van der Waals surface area contributed by atoms with Crippen LogP contribution in [0, 0.1) is 0 Å². The fourth-order valence-electron chi connectivity index (χ4n) is 1.74. The number of nitrogens with zero attached hydrogens (tertiary/aromatic N) is 1. The van der Waals surface area contributed by atoms with Gasteiger partial charge in [0.15, 0.2) is 5.78 Å². The lowest BCUT2D eigenvalue weighted by Crippen LogP contribution is -2.47. The van der Waals surface area contributed by atoms with Crippen molar-refractivity contribution >= 4 is 12.1 Å². The zero-order chi connectivity index (χ0) is 18.3. The number of carbonyl (C=O) groups is 2. The second kappa shape index (κ2) is 15.4. The molecule has 1 fully saturated rings. The Bertz CT molecular complexity index is 406. The van der Waals surface area contributed by atoms with Gasteiger partial charge < -0.3 is 10.2 Å². The molecule has 0 saturated carbocycles. The van der Waals surface area contributed by atoms with Gasteiger partial charge in [0.1, 0.15) is 6.29 Å². The molecule has 1 aromatic carbocycles. The summed E-state index contributed by atoms with van der Waals surface area (Å²) in [7, 11) is 2.17. The van der Waals surface area contributed by atoms with Crippen molar-refractivity contribution in [2.75, 3.05) is 26.7 Å². The molecule has 2 rings (SSSR count). The molecule has 0 aliphatic carbocycles. The van der Waals surface area contributed by atoms with Crippen molar-refractivity contribution in [3.63, 3.8) is 0 Å². The Kier molecular flexibility index (Phi) is 15.9. The number of nitrogens with one attached hydrogen (secondary N) is 1. The van der Waals surface area contributed by atoms with Crippen LogP contribution in [-0.4, -0.2) is 49.7 Å². The topological polar surface area (TPSA) is 49.4 Å². The molecule has 1 saturated heterocycles. The molecule has 1 atom stereocenters. The monoisotopic (exact) mass is 322 g/mol. The van der Waals surface area contributed by atoms with E-state index in [1.807, 2.05) is 27.7 Å². The number of likely N-dealkylation sites (N-methyl/N-ethyl adjacent to an activating group) is 1. The van der Waals surface area contributed by atoms with E-state index in [1.165, 1.54) is 13.5 Å². The first-order valence-electron chi connectivity index (χ1n) is 8.51.